The molecule has 0 aliphatic rings. The lowest BCUT2D eigenvalue weighted by Crippen LogP contribution is -2.43. The minimum absolute atomic E-state index is 0.194. The zero-order valence-corrected chi connectivity index (χ0v) is 16.1. The van der Waals surface area contributed by atoms with Gasteiger partial charge >= 0.3 is 5.97 Å². The molecule has 0 fully saturated rings. The van der Waals surface area contributed by atoms with Crippen molar-refractivity contribution in [3.63, 3.8) is 0 Å². The normalized spacial score (nSPS) is 11.8. The fraction of sp³-hybridized carbons (Fsp3) is 0.143. The van der Waals surface area contributed by atoms with Crippen molar-refractivity contribution in [2.75, 3.05) is 7.11 Å². The minimum atomic E-state index is -0.875. The van der Waals surface area contributed by atoms with Crippen LogP contribution in [0.1, 0.15) is 15.9 Å². The number of fused-ring (bicyclic) bond motifs is 1. The summed E-state index contributed by atoms with van der Waals surface area (Å²) >= 11 is 12.1. The van der Waals surface area contributed by atoms with Crippen LogP contribution in [0, 0.1) is 0 Å². The number of hydrogen-bond acceptors (Lipinski definition) is 3. The van der Waals surface area contributed by atoms with Gasteiger partial charge in [0.05, 0.1) is 7.11 Å². The van der Waals surface area contributed by atoms with E-state index in [0.29, 0.717) is 21.2 Å². The Labute approximate surface area is 167 Å². The molecule has 6 heteroatoms. The Hall–Kier alpha value is -2.56. The van der Waals surface area contributed by atoms with E-state index in [-0.39, 0.29) is 12.3 Å². The first kappa shape index (κ1) is 19.2. The molecule has 0 aliphatic carbocycles. The van der Waals surface area contributed by atoms with Crippen LogP contribution in [0.3, 0.4) is 0 Å². The molecule has 0 saturated carbocycles. The number of nitrogens with one attached hydrogen (secondary N) is 1. The van der Waals surface area contributed by atoms with Crippen LogP contribution in [0.2, 0.25) is 10.0 Å². The third kappa shape index (κ3) is 4.41. The SMILES string of the molecule is COC(=O)[C@H](Cc1ccc(Cl)cc1Cl)NC(=O)c1cccc2ccccc12. The van der Waals surface area contributed by atoms with E-state index < -0.39 is 12.0 Å². The van der Waals surface area contributed by atoms with Crippen molar-refractivity contribution in [3.05, 3.63) is 81.8 Å². The Bertz CT molecular complexity index is 998. The van der Waals surface area contributed by atoms with Gasteiger partial charge in [-0.15, -0.1) is 0 Å². The number of rotatable bonds is 5. The van der Waals surface area contributed by atoms with Crippen LogP contribution in [0.25, 0.3) is 10.8 Å². The maximum absolute atomic E-state index is 12.8. The Kier molecular flexibility index (Phi) is 5.99. The van der Waals surface area contributed by atoms with Crippen LogP contribution in [-0.2, 0) is 16.0 Å². The molecular formula is C21H17Cl2NO3. The fourth-order valence-corrected chi connectivity index (χ4v) is 3.39. The average molecular weight is 402 g/mol. The number of esters is 1. The Morgan fingerprint density at radius 3 is 2.52 bits per heavy atom. The summed E-state index contributed by atoms with van der Waals surface area (Å²) in [7, 11) is 1.28. The zero-order valence-electron chi connectivity index (χ0n) is 14.5. The summed E-state index contributed by atoms with van der Waals surface area (Å²) in [6.07, 6.45) is 0.194. The van der Waals surface area contributed by atoms with E-state index in [1.54, 1.807) is 30.3 Å². The lowest BCUT2D eigenvalue weighted by molar-refractivity contribution is -0.142. The summed E-state index contributed by atoms with van der Waals surface area (Å²) in [4.78, 5) is 25.1. The first-order chi connectivity index (χ1) is 13.0. The second kappa shape index (κ2) is 8.42. The molecular weight excluding hydrogens is 385 g/mol. The van der Waals surface area contributed by atoms with Crippen LogP contribution in [-0.4, -0.2) is 25.0 Å². The average Bonchev–Trinajstić information content (AvgIpc) is 2.68. The molecule has 0 aliphatic heterocycles. The van der Waals surface area contributed by atoms with E-state index in [4.69, 9.17) is 27.9 Å². The predicted molar refractivity (Wildman–Crippen MR) is 107 cm³/mol. The molecule has 1 N–H and O–H groups in total. The number of carbonyl (C=O) groups excluding carboxylic acids is 2. The zero-order chi connectivity index (χ0) is 19.4. The first-order valence-corrected chi connectivity index (χ1v) is 9.05. The number of ether oxygens (including phenoxy) is 1. The number of benzene rings is 3. The molecule has 3 aromatic rings. The summed E-state index contributed by atoms with van der Waals surface area (Å²) in [6, 6.07) is 17.2. The maximum Gasteiger partial charge on any atom is 0.328 e. The molecule has 0 aromatic heterocycles. The number of carbonyl (C=O) groups is 2. The minimum Gasteiger partial charge on any atom is -0.467 e. The third-order valence-electron chi connectivity index (χ3n) is 4.26. The highest BCUT2D eigenvalue weighted by atomic mass is 35.5. The molecule has 0 unspecified atom stereocenters. The largest absolute Gasteiger partial charge is 0.467 e. The van der Waals surface area contributed by atoms with Gasteiger partial charge < -0.3 is 10.1 Å². The number of halogens is 2. The standard InChI is InChI=1S/C21H17Cl2NO3/c1-27-21(26)19(11-14-9-10-15(22)12-18(14)23)24-20(25)17-8-4-6-13-5-2-3-7-16(13)17/h2-10,12,19H,11H2,1H3,(H,24,25)/t19-/m0/s1. The molecule has 3 rings (SSSR count). The van der Waals surface area contributed by atoms with E-state index in [1.807, 2.05) is 30.3 Å². The van der Waals surface area contributed by atoms with Crippen LogP contribution >= 0.6 is 23.2 Å². The van der Waals surface area contributed by atoms with Crippen molar-refractivity contribution < 1.29 is 14.3 Å². The molecule has 3 aromatic carbocycles. The monoisotopic (exact) mass is 401 g/mol. The highest BCUT2D eigenvalue weighted by molar-refractivity contribution is 6.35. The van der Waals surface area contributed by atoms with Gasteiger partial charge in [-0.2, -0.15) is 0 Å². The van der Waals surface area contributed by atoms with Gasteiger partial charge in [0.1, 0.15) is 6.04 Å². The van der Waals surface area contributed by atoms with Crippen LogP contribution < -0.4 is 5.32 Å². The Balaban J connectivity index is 1.88. The molecule has 1 amide bonds. The van der Waals surface area contributed by atoms with E-state index in [1.165, 1.54) is 7.11 Å². The highest BCUT2D eigenvalue weighted by Crippen LogP contribution is 2.23. The van der Waals surface area contributed by atoms with Crippen molar-refractivity contribution in [1.82, 2.24) is 5.32 Å². The Morgan fingerprint density at radius 1 is 1.04 bits per heavy atom. The molecule has 0 spiro atoms. The van der Waals surface area contributed by atoms with Gasteiger partial charge in [0.2, 0.25) is 0 Å². The third-order valence-corrected chi connectivity index (χ3v) is 4.85. The second-order valence-electron chi connectivity index (χ2n) is 6.02. The molecule has 0 saturated heterocycles. The number of hydrogen-bond donors (Lipinski definition) is 1. The molecule has 138 valence electrons. The van der Waals surface area contributed by atoms with Gasteiger partial charge in [-0.25, -0.2) is 4.79 Å². The predicted octanol–water partition coefficient (Wildman–Crippen LogP) is 4.66. The van der Waals surface area contributed by atoms with E-state index in [9.17, 15) is 9.59 Å². The van der Waals surface area contributed by atoms with Gasteiger partial charge in [-0.3, -0.25) is 4.79 Å². The fourth-order valence-electron chi connectivity index (χ4n) is 2.90. The smallest absolute Gasteiger partial charge is 0.328 e. The van der Waals surface area contributed by atoms with E-state index >= 15 is 0 Å². The molecule has 1 atom stereocenters. The first-order valence-electron chi connectivity index (χ1n) is 8.30. The molecule has 0 radical (unpaired) electrons. The summed E-state index contributed by atoms with van der Waals surface area (Å²) in [6.45, 7) is 0. The second-order valence-corrected chi connectivity index (χ2v) is 6.86. The summed E-state index contributed by atoms with van der Waals surface area (Å²) in [5, 5.41) is 5.44. The lowest BCUT2D eigenvalue weighted by atomic mass is 10.0. The van der Waals surface area contributed by atoms with Crippen molar-refractivity contribution in [3.8, 4) is 0 Å². The molecule has 0 heterocycles. The summed E-state index contributed by atoms with van der Waals surface area (Å²) in [5.41, 5.74) is 1.18. The Morgan fingerprint density at radius 2 is 1.78 bits per heavy atom. The molecule has 4 nitrogen and oxygen atoms in total. The highest BCUT2D eigenvalue weighted by Gasteiger charge is 2.24. The van der Waals surface area contributed by atoms with Crippen LogP contribution in [0.5, 0.6) is 0 Å². The van der Waals surface area contributed by atoms with Gasteiger partial charge in [0, 0.05) is 22.0 Å². The van der Waals surface area contributed by atoms with E-state index in [2.05, 4.69) is 5.32 Å². The van der Waals surface area contributed by atoms with Crippen molar-refractivity contribution in [1.29, 1.82) is 0 Å². The van der Waals surface area contributed by atoms with Gasteiger partial charge in [0.15, 0.2) is 0 Å². The topological polar surface area (TPSA) is 55.4 Å². The summed E-state index contributed by atoms with van der Waals surface area (Å²) in [5.74, 6) is -0.901. The van der Waals surface area contributed by atoms with Crippen LogP contribution in [0.15, 0.2) is 60.7 Å². The van der Waals surface area contributed by atoms with Crippen molar-refractivity contribution in [2.45, 2.75) is 12.5 Å². The molecule has 0 bridgehead atoms. The number of methoxy groups -OCH3 is 1. The van der Waals surface area contributed by atoms with Gasteiger partial charge in [-0.1, -0.05) is 65.7 Å². The van der Waals surface area contributed by atoms with Crippen LogP contribution in [0.4, 0.5) is 0 Å². The van der Waals surface area contributed by atoms with Gasteiger partial charge in [-0.05, 0) is 34.5 Å². The number of amides is 1. The van der Waals surface area contributed by atoms with Crippen molar-refractivity contribution in [2.24, 2.45) is 0 Å². The summed E-state index contributed by atoms with van der Waals surface area (Å²) < 4.78 is 4.85. The van der Waals surface area contributed by atoms with Gasteiger partial charge in [0.25, 0.3) is 5.91 Å². The maximum atomic E-state index is 12.8. The van der Waals surface area contributed by atoms with E-state index in [0.717, 1.165) is 10.8 Å². The van der Waals surface area contributed by atoms with Crippen molar-refractivity contribution >= 4 is 45.9 Å². The quantitative estimate of drug-likeness (QED) is 0.632. The molecule has 27 heavy (non-hydrogen) atoms. The lowest BCUT2D eigenvalue weighted by Gasteiger charge is -2.18.